The zero-order chi connectivity index (χ0) is 20.7. The maximum Gasteiger partial charge on any atom is 0.256 e. The van der Waals surface area contributed by atoms with Gasteiger partial charge in [-0.05, 0) is 70.0 Å². The van der Waals surface area contributed by atoms with Gasteiger partial charge in [0.15, 0.2) is 5.65 Å². The Kier molecular flexibility index (Phi) is 4.66. The summed E-state index contributed by atoms with van der Waals surface area (Å²) >= 11 is 0. The van der Waals surface area contributed by atoms with Crippen molar-refractivity contribution in [3.63, 3.8) is 0 Å². The van der Waals surface area contributed by atoms with E-state index < -0.39 is 0 Å². The van der Waals surface area contributed by atoms with Crippen LogP contribution in [0.25, 0.3) is 16.7 Å². The number of anilines is 1. The normalized spacial score (nSPS) is 11.1. The quantitative estimate of drug-likeness (QED) is 0.527. The molecule has 29 heavy (non-hydrogen) atoms. The van der Waals surface area contributed by atoms with Crippen molar-refractivity contribution in [2.24, 2.45) is 0 Å². The molecule has 0 fully saturated rings. The van der Waals surface area contributed by atoms with Gasteiger partial charge in [0.1, 0.15) is 0 Å². The van der Waals surface area contributed by atoms with Crippen LogP contribution in [0.5, 0.6) is 0 Å². The van der Waals surface area contributed by atoms with Crippen molar-refractivity contribution in [1.82, 2.24) is 14.8 Å². The standard InChI is InChI=1S/C24H24N4O/c1-14-9-11-19(12-10-14)28-23-22(18(5)27-28)20(13-16(3)25-23)24(29)26-21-8-6-7-15(2)17(21)4/h6-13H,1-5H3,(H,26,29). The van der Waals surface area contributed by atoms with E-state index in [-0.39, 0.29) is 5.91 Å². The first-order chi connectivity index (χ1) is 13.8. The first-order valence-electron chi connectivity index (χ1n) is 9.66. The summed E-state index contributed by atoms with van der Waals surface area (Å²) in [6.07, 6.45) is 0. The van der Waals surface area contributed by atoms with Crippen LogP contribution in [-0.2, 0) is 0 Å². The fourth-order valence-electron chi connectivity index (χ4n) is 3.54. The van der Waals surface area contributed by atoms with Gasteiger partial charge in [-0.3, -0.25) is 4.79 Å². The van der Waals surface area contributed by atoms with E-state index in [1.807, 2.05) is 87.8 Å². The molecule has 2 heterocycles. The smallest absolute Gasteiger partial charge is 0.256 e. The highest BCUT2D eigenvalue weighted by Crippen LogP contribution is 2.26. The molecular formula is C24H24N4O. The molecule has 146 valence electrons. The summed E-state index contributed by atoms with van der Waals surface area (Å²) in [6, 6.07) is 15.9. The van der Waals surface area contributed by atoms with Crippen molar-refractivity contribution in [3.8, 4) is 5.69 Å². The first kappa shape index (κ1) is 18.9. The number of nitrogens with zero attached hydrogens (tertiary/aromatic N) is 3. The first-order valence-corrected chi connectivity index (χ1v) is 9.66. The molecular weight excluding hydrogens is 360 g/mol. The highest BCUT2D eigenvalue weighted by Gasteiger charge is 2.20. The maximum absolute atomic E-state index is 13.2. The van der Waals surface area contributed by atoms with E-state index >= 15 is 0 Å². The van der Waals surface area contributed by atoms with E-state index in [0.29, 0.717) is 11.2 Å². The molecule has 2 aromatic heterocycles. The molecule has 5 heteroatoms. The molecule has 0 aliphatic heterocycles. The number of hydrogen-bond acceptors (Lipinski definition) is 3. The van der Waals surface area contributed by atoms with E-state index in [1.54, 1.807) is 0 Å². The average Bonchev–Trinajstić information content (AvgIpc) is 3.01. The Hall–Kier alpha value is -3.47. The van der Waals surface area contributed by atoms with Crippen molar-refractivity contribution >= 4 is 22.6 Å². The lowest BCUT2D eigenvalue weighted by Crippen LogP contribution is -2.14. The van der Waals surface area contributed by atoms with Gasteiger partial charge in [0.25, 0.3) is 5.91 Å². The predicted octanol–water partition coefficient (Wildman–Crippen LogP) is 5.21. The van der Waals surface area contributed by atoms with Gasteiger partial charge in [-0.2, -0.15) is 5.10 Å². The van der Waals surface area contributed by atoms with Gasteiger partial charge >= 0.3 is 0 Å². The third-order valence-corrected chi connectivity index (χ3v) is 5.32. The van der Waals surface area contributed by atoms with Crippen molar-refractivity contribution < 1.29 is 4.79 Å². The third kappa shape index (κ3) is 3.40. The Bertz CT molecular complexity index is 1240. The SMILES string of the molecule is Cc1ccc(-n2nc(C)c3c(C(=O)Nc4cccc(C)c4C)cc(C)nc32)cc1. The van der Waals surface area contributed by atoms with Crippen molar-refractivity contribution in [3.05, 3.63) is 82.2 Å². The molecule has 4 aromatic rings. The summed E-state index contributed by atoms with van der Waals surface area (Å²) in [5.41, 5.74) is 7.96. The van der Waals surface area contributed by atoms with Gasteiger partial charge < -0.3 is 5.32 Å². The number of rotatable bonds is 3. The van der Waals surface area contributed by atoms with Gasteiger partial charge in [-0.25, -0.2) is 9.67 Å². The zero-order valence-corrected chi connectivity index (χ0v) is 17.4. The largest absolute Gasteiger partial charge is 0.322 e. The number of nitrogens with one attached hydrogen (secondary N) is 1. The van der Waals surface area contributed by atoms with Gasteiger partial charge in [0, 0.05) is 11.4 Å². The summed E-state index contributed by atoms with van der Waals surface area (Å²) in [7, 11) is 0. The van der Waals surface area contributed by atoms with Crippen LogP contribution in [0.4, 0.5) is 5.69 Å². The number of amides is 1. The minimum absolute atomic E-state index is 0.152. The summed E-state index contributed by atoms with van der Waals surface area (Å²) in [5.74, 6) is -0.152. The Morgan fingerprint density at radius 2 is 1.69 bits per heavy atom. The number of aromatic nitrogens is 3. The monoisotopic (exact) mass is 384 g/mol. The molecule has 4 rings (SSSR count). The van der Waals surface area contributed by atoms with E-state index in [1.165, 1.54) is 5.56 Å². The van der Waals surface area contributed by atoms with Crippen LogP contribution >= 0.6 is 0 Å². The van der Waals surface area contributed by atoms with Gasteiger partial charge in [0.05, 0.1) is 22.3 Å². The van der Waals surface area contributed by atoms with Crippen molar-refractivity contribution in [1.29, 1.82) is 0 Å². The van der Waals surface area contributed by atoms with Crippen LogP contribution in [-0.4, -0.2) is 20.7 Å². The molecule has 2 aromatic carbocycles. The molecule has 0 saturated heterocycles. The molecule has 5 nitrogen and oxygen atoms in total. The molecule has 1 N–H and O–H groups in total. The highest BCUT2D eigenvalue weighted by atomic mass is 16.1. The van der Waals surface area contributed by atoms with Crippen LogP contribution in [0, 0.1) is 34.6 Å². The molecule has 0 spiro atoms. The fourth-order valence-corrected chi connectivity index (χ4v) is 3.54. The Morgan fingerprint density at radius 1 is 0.966 bits per heavy atom. The second-order valence-electron chi connectivity index (χ2n) is 7.54. The summed E-state index contributed by atoms with van der Waals surface area (Å²) in [4.78, 5) is 17.9. The van der Waals surface area contributed by atoms with Crippen LogP contribution in [0.1, 0.15) is 38.4 Å². The molecule has 0 atom stereocenters. The van der Waals surface area contributed by atoms with E-state index in [4.69, 9.17) is 4.98 Å². The minimum Gasteiger partial charge on any atom is -0.322 e. The lowest BCUT2D eigenvalue weighted by molar-refractivity contribution is 0.102. The lowest BCUT2D eigenvalue weighted by Gasteiger charge is -2.12. The molecule has 0 saturated carbocycles. The number of benzene rings is 2. The van der Waals surface area contributed by atoms with Crippen molar-refractivity contribution in [2.45, 2.75) is 34.6 Å². The summed E-state index contributed by atoms with van der Waals surface area (Å²) in [6.45, 7) is 9.91. The van der Waals surface area contributed by atoms with Crippen molar-refractivity contribution in [2.75, 3.05) is 5.32 Å². The maximum atomic E-state index is 13.2. The third-order valence-electron chi connectivity index (χ3n) is 5.32. The fraction of sp³-hybridized carbons (Fsp3) is 0.208. The number of hydrogen-bond donors (Lipinski definition) is 1. The van der Waals surface area contributed by atoms with Crippen LogP contribution < -0.4 is 5.32 Å². The second-order valence-corrected chi connectivity index (χ2v) is 7.54. The van der Waals surface area contributed by atoms with Gasteiger partial charge in [-0.15, -0.1) is 0 Å². The molecule has 0 bridgehead atoms. The Balaban J connectivity index is 1.84. The van der Waals surface area contributed by atoms with Gasteiger partial charge in [0.2, 0.25) is 0 Å². The Morgan fingerprint density at radius 3 is 2.41 bits per heavy atom. The van der Waals surface area contributed by atoms with E-state index in [0.717, 1.165) is 39.3 Å². The molecule has 0 unspecified atom stereocenters. The number of fused-ring (bicyclic) bond motifs is 1. The number of carbonyl (C=O) groups is 1. The molecule has 0 radical (unpaired) electrons. The summed E-state index contributed by atoms with van der Waals surface area (Å²) in [5, 5.41) is 8.53. The van der Waals surface area contributed by atoms with Crippen LogP contribution in [0.2, 0.25) is 0 Å². The highest BCUT2D eigenvalue weighted by molar-refractivity contribution is 6.13. The number of carbonyl (C=O) groups excluding carboxylic acids is 1. The predicted molar refractivity (Wildman–Crippen MR) is 117 cm³/mol. The zero-order valence-electron chi connectivity index (χ0n) is 17.4. The molecule has 0 aliphatic carbocycles. The van der Waals surface area contributed by atoms with Crippen LogP contribution in [0.15, 0.2) is 48.5 Å². The van der Waals surface area contributed by atoms with Crippen LogP contribution in [0.3, 0.4) is 0 Å². The molecule has 1 amide bonds. The minimum atomic E-state index is -0.152. The lowest BCUT2D eigenvalue weighted by atomic mass is 10.1. The molecule has 0 aliphatic rings. The van der Waals surface area contributed by atoms with E-state index in [9.17, 15) is 4.79 Å². The Labute approximate surface area is 170 Å². The van der Waals surface area contributed by atoms with Gasteiger partial charge in [-0.1, -0.05) is 29.8 Å². The number of aryl methyl sites for hydroxylation is 4. The van der Waals surface area contributed by atoms with E-state index in [2.05, 4.69) is 10.4 Å². The number of pyridine rings is 1. The second kappa shape index (κ2) is 7.17. The topological polar surface area (TPSA) is 59.8 Å². The summed E-state index contributed by atoms with van der Waals surface area (Å²) < 4.78 is 1.81. The average molecular weight is 384 g/mol.